The van der Waals surface area contributed by atoms with Gasteiger partial charge in [-0.15, -0.1) is 11.3 Å². The van der Waals surface area contributed by atoms with Gasteiger partial charge in [0.25, 0.3) is 5.91 Å². The van der Waals surface area contributed by atoms with Crippen molar-refractivity contribution >= 4 is 39.3 Å². The summed E-state index contributed by atoms with van der Waals surface area (Å²) in [5.41, 5.74) is 2.83. The minimum absolute atomic E-state index is 0.0566. The van der Waals surface area contributed by atoms with Crippen molar-refractivity contribution in [3.8, 4) is 11.1 Å². The van der Waals surface area contributed by atoms with Crippen molar-refractivity contribution in [3.05, 3.63) is 41.5 Å². The van der Waals surface area contributed by atoms with Gasteiger partial charge in [0.2, 0.25) is 0 Å². The first-order valence-corrected chi connectivity index (χ1v) is 11.6. The van der Waals surface area contributed by atoms with Crippen molar-refractivity contribution in [2.75, 3.05) is 18.4 Å². The lowest BCUT2D eigenvalue weighted by Gasteiger charge is -2.20. The molecule has 3 heterocycles. The van der Waals surface area contributed by atoms with E-state index in [4.69, 9.17) is 0 Å². The molecule has 1 aliphatic heterocycles. The second-order valence-electron chi connectivity index (χ2n) is 8.37. The molecular formula is C23H25N5O2S. The average Bonchev–Trinajstić information content (AvgIpc) is 3.47. The van der Waals surface area contributed by atoms with E-state index in [1.807, 2.05) is 0 Å². The van der Waals surface area contributed by atoms with Crippen LogP contribution in [0.2, 0.25) is 0 Å². The molecule has 2 N–H and O–H groups in total. The first-order valence-electron chi connectivity index (χ1n) is 10.7. The Morgan fingerprint density at radius 3 is 2.71 bits per heavy atom. The topological polar surface area (TPSA) is 87.2 Å². The van der Waals surface area contributed by atoms with Crippen molar-refractivity contribution in [1.82, 2.24) is 20.2 Å². The first kappa shape index (κ1) is 19.9. The molecule has 1 spiro atoms. The van der Waals surface area contributed by atoms with Crippen LogP contribution >= 0.6 is 11.3 Å². The highest BCUT2D eigenvalue weighted by molar-refractivity contribution is 7.17. The highest BCUT2D eigenvalue weighted by atomic mass is 32.1. The molecule has 1 aromatic carbocycles. The predicted octanol–water partition coefficient (Wildman–Crippen LogP) is 4.33. The van der Waals surface area contributed by atoms with Crippen molar-refractivity contribution in [1.29, 1.82) is 0 Å². The number of benzene rings is 1. The SMILES string of the molecule is Cc1ccc(-c2csc3ncnc(NCCCN4C(=O)NC5(CCCC5)C4=O)c23)cc1. The Hall–Kier alpha value is -3.00. The Morgan fingerprint density at radius 1 is 1.16 bits per heavy atom. The number of thiophene rings is 1. The lowest BCUT2D eigenvalue weighted by molar-refractivity contribution is -0.131. The van der Waals surface area contributed by atoms with E-state index in [2.05, 4.69) is 57.2 Å². The highest BCUT2D eigenvalue weighted by Gasteiger charge is 2.51. The maximum Gasteiger partial charge on any atom is 0.325 e. The Labute approximate surface area is 184 Å². The summed E-state index contributed by atoms with van der Waals surface area (Å²) in [5.74, 6) is 0.727. The zero-order valence-corrected chi connectivity index (χ0v) is 18.3. The number of aryl methyl sites for hydroxylation is 1. The number of urea groups is 1. The Bertz CT molecular complexity index is 1130. The quantitative estimate of drug-likeness (QED) is 0.444. The van der Waals surface area contributed by atoms with E-state index in [1.165, 1.54) is 10.5 Å². The van der Waals surface area contributed by atoms with E-state index < -0.39 is 5.54 Å². The van der Waals surface area contributed by atoms with E-state index in [1.54, 1.807) is 17.7 Å². The van der Waals surface area contributed by atoms with E-state index in [-0.39, 0.29) is 11.9 Å². The van der Waals surface area contributed by atoms with E-state index in [0.717, 1.165) is 52.8 Å². The standard InChI is InChI=1S/C23H25N5O2S/c1-15-5-7-16(8-6-15)17-13-31-20-18(17)19(25-14-26-20)24-11-4-12-28-21(29)23(27-22(28)30)9-2-3-10-23/h5-8,13-14H,2-4,9-12H2,1H3,(H,27,30)(H,24,25,26). The van der Waals surface area contributed by atoms with Gasteiger partial charge in [-0.05, 0) is 31.7 Å². The maximum atomic E-state index is 12.8. The minimum Gasteiger partial charge on any atom is -0.369 e. The van der Waals surface area contributed by atoms with Gasteiger partial charge in [-0.25, -0.2) is 14.8 Å². The summed E-state index contributed by atoms with van der Waals surface area (Å²) in [4.78, 5) is 36.3. The van der Waals surface area contributed by atoms with Crippen LogP contribution in [0.1, 0.15) is 37.7 Å². The monoisotopic (exact) mass is 435 g/mol. The molecule has 0 radical (unpaired) electrons. The molecule has 2 fully saturated rings. The Kier molecular flexibility index (Phi) is 5.09. The van der Waals surface area contributed by atoms with Crippen molar-refractivity contribution in [2.45, 2.75) is 44.6 Å². The number of nitrogens with one attached hydrogen (secondary N) is 2. The van der Waals surface area contributed by atoms with Crippen LogP contribution in [0.4, 0.5) is 10.6 Å². The van der Waals surface area contributed by atoms with E-state index in [9.17, 15) is 9.59 Å². The van der Waals surface area contributed by atoms with E-state index in [0.29, 0.717) is 19.5 Å². The largest absolute Gasteiger partial charge is 0.369 e. The molecule has 0 bridgehead atoms. The molecule has 1 saturated heterocycles. The number of imide groups is 1. The number of rotatable bonds is 6. The number of hydrogen-bond donors (Lipinski definition) is 2. The summed E-state index contributed by atoms with van der Waals surface area (Å²) in [7, 11) is 0. The summed E-state index contributed by atoms with van der Waals surface area (Å²) in [6.45, 7) is 3.09. The van der Waals surface area contributed by atoms with Gasteiger partial charge in [0, 0.05) is 24.0 Å². The lowest BCUT2D eigenvalue weighted by Crippen LogP contribution is -2.44. The second kappa shape index (κ2) is 7.92. The first-order chi connectivity index (χ1) is 15.1. The molecule has 3 aromatic rings. The third-order valence-corrected chi connectivity index (χ3v) is 7.17. The fraction of sp³-hybridized carbons (Fsp3) is 0.391. The van der Waals surface area contributed by atoms with Crippen LogP contribution in [-0.2, 0) is 4.79 Å². The lowest BCUT2D eigenvalue weighted by atomic mass is 9.98. The van der Waals surface area contributed by atoms with Crippen LogP contribution in [-0.4, -0.2) is 45.4 Å². The molecule has 8 heteroatoms. The van der Waals surface area contributed by atoms with Crippen molar-refractivity contribution in [3.63, 3.8) is 0 Å². The highest BCUT2D eigenvalue weighted by Crippen LogP contribution is 2.37. The van der Waals surface area contributed by atoms with Gasteiger partial charge in [-0.3, -0.25) is 9.69 Å². The van der Waals surface area contributed by atoms with Crippen LogP contribution in [0.3, 0.4) is 0 Å². The fourth-order valence-electron chi connectivity index (χ4n) is 4.60. The number of fused-ring (bicyclic) bond motifs is 1. The summed E-state index contributed by atoms with van der Waals surface area (Å²) in [5, 5.41) is 9.46. The van der Waals surface area contributed by atoms with Gasteiger partial charge in [0.1, 0.15) is 22.5 Å². The number of carbonyl (C=O) groups is 2. The molecular weight excluding hydrogens is 410 g/mol. The zero-order valence-electron chi connectivity index (χ0n) is 17.5. The van der Waals surface area contributed by atoms with Crippen molar-refractivity contribution in [2.24, 2.45) is 0 Å². The summed E-state index contributed by atoms with van der Waals surface area (Å²) >= 11 is 1.60. The third kappa shape index (κ3) is 3.54. The molecule has 5 rings (SSSR count). The summed E-state index contributed by atoms with van der Waals surface area (Å²) < 4.78 is 0. The molecule has 160 valence electrons. The molecule has 3 amide bonds. The van der Waals surface area contributed by atoms with Crippen LogP contribution in [0.5, 0.6) is 0 Å². The molecule has 1 saturated carbocycles. The van der Waals surface area contributed by atoms with Crippen LogP contribution < -0.4 is 10.6 Å². The average molecular weight is 436 g/mol. The normalized spacial score (nSPS) is 17.6. The van der Waals surface area contributed by atoms with Crippen molar-refractivity contribution < 1.29 is 9.59 Å². The van der Waals surface area contributed by atoms with Crippen LogP contribution in [0.15, 0.2) is 36.0 Å². The van der Waals surface area contributed by atoms with Gasteiger partial charge in [0.15, 0.2) is 0 Å². The molecule has 31 heavy (non-hydrogen) atoms. The fourth-order valence-corrected chi connectivity index (χ4v) is 5.51. The maximum absolute atomic E-state index is 12.8. The molecule has 7 nitrogen and oxygen atoms in total. The van der Waals surface area contributed by atoms with Gasteiger partial charge in [-0.2, -0.15) is 0 Å². The minimum atomic E-state index is -0.636. The summed E-state index contributed by atoms with van der Waals surface area (Å²) in [6.07, 6.45) is 5.73. The molecule has 1 aliphatic carbocycles. The number of nitrogens with zero attached hydrogens (tertiary/aromatic N) is 3. The Morgan fingerprint density at radius 2 is 1.94 bits per heavy atom. The smallest absolute Gasteiger partial charge is 0.325 e. The van der Waals surface area contributed by atoms with Gasteiger partial charge >= 0.3 is 6.03 Å². The number of anilines is 1. The molecule has 2 aromatic heterocycles. The number of aromatic nitrogens is 2. The Balaban J connectivity index is 1.27. The number of amides is 3. The predicted molar refractivity (Wildman–Crippen MR) is 122 cm³/mol. The zero-order chi connectivity index (χ0) is 21.4. The van der Waals surface area contributed by atoms with Gasteiger partial charge < -0.3 is 10.6 Å². The molecule has 0 atom stereocenters. The molecule has 0 unspecified atom stereocenters. The van der Waals surface area contributed by atoms with Gasteiger partial charge in [-0.1, -0.05) is 42.7 Å². The van der Waals surface area contributed by atoms with E-state index >= 15 is 0 Å². The van der Waals surface area contributed by atoms with Gasteiger partial charge in [0.05, 0.1) is 5.39 Å². The van der Waals surface area contributed by atoms with Crippen LogP contribution in [0.25, 0.3) is 21.3 Å². The number of hydrogen-bond acceptors (Lipinski definition) is 6. The third-order valence-electron chi connectivity index (χ3n) is 6.29. The van der Waals surface area contributed by atoms with Crippen LogP contribution in [0, 0.1) is 6.92 Å². The second-order valence-corrected chi connectivity index (χ2v) is 9.23. The summed E-state index contributed by atoms with van der Waals surface area (Å²) in [6, 6.07) is 8.18. The molecule has 2 aliphatic rings. The number of carbonyl (C=O) groups excluding carboxylic acids is 2.